The molecule has 156 valence electrons. The van der Waals surface area contributed by atoms with E-state index in [1.54, 1.807) is 18.3 Å². The van der Waals surface area contributed by atoms with Crippen LogP contribution in [0.1, 0.15) is 31.2 Å². The number of halogens is 1. The number of pyridine rings is 1. The number of benzene rings is 1. The van der Waals surface area contributed by atoms with Crippen molar-refractivity contribution in [1.29, 1.82) is 0 Å². The number of amides is 4. The van der Waals surface area contributed by atoms with Gasteiger partial charge >= 0.3 is 6.03 Å². The Morgan fingerprint density at radius 3 is 2.53 bits per heavy atom. The smallest absolute Gasteiger partial charge is 0.322 e. The maximum absolute atomic E-state index is 12.7. The lowest BCUT2D eigenvalue weighted by atomic mass is 9.76. The number of nitrogens with one attached hydrogen (secondary N) is 3. The molecule has 2 aliphatic rings. The third-order valence-corrected chi connectivity index (χ3v) is 6.14. The van der Waals surface area contributed by atoms with Crippen LogP contribution in [0.2, 0.25) is 5.02 Å². The average Bonchev–Trinajstić information content (AvgIpc) is 2.99. The molecule has 1 aliphatic carbocycles. The van der Waals surface area contributed by atoms with E-state index in [1.807, 2.05) is 18.2 Å². The van der Waals surface area contributed by atoms with E-state index < -0.39 is 11.6 Å². The van der Waals surface area contributed by atoms with E-state index in [0.717, 1.165) is 5.56 Å². The minimum Gasteiger partial charge on any atom is -0.325 e. The fourth-order valence-electron chi connectivity index (χ4n) is 4.04. The second kappa shape index (κ2) is 7.95. The second-order valence-electron chi connectivity index (χ2n) is 7.73. The largest absolute Gasteiger partial charge is 0.325 e. The van der Waals surface area contributed by atoms with Gasteiger partial charge in [0.2, 0.25) is 5.91 Å². The summed E-state index contributed by atoms with van der Waals surface area (Å²) in [6.07, 6.45) is 3.39. The lowest BCUT2D eigenvalue weighted by Gasteiger charge is -2.33. The lowest BCUT2D eigenvalue weighted by Crippen LogP contribution is -2.50. The standard InChI is InChI=1S/C21H21ClN4O4/c22-16-4-2-1-3-14(16)11-26-12-15(5-6-17(26)27)23-18(28)13-7-9-21(10-8-13)19(29)24-20(30)25-21/h1-6,12-13H,7-11H2,(H,23,28)(H2,24,25,29,30). The molecule has 0 bridgehead atoms. The Kier molecular flexibility index (Phi) is 5.34. The van der Waals surface area contributed by atoms with E-state index in [9.17, 15) is 19.2 Å². The summed E-state index contributed by atoms with van der Waals surface area (Å²) in [4.78, 5) is 48.4. The zero-order valence-electron chi connectivity index (χ0n) is 16.1. The molecule has 3 N–H and O–H groups in total. The maximum Gasteiger partial charge on any atom is 0.322 e. The van der Waals surface area contributed by atoms with Crippen molar-refractivity contribution in [3.63, 3.8) is 0 Å². The third kappa shape index (κ3) is 3.95. The average molecular weight is 429 g/mol. The molecule has 0 unspecified atom stereocenters. The Labute approximate surface area is 177 Å². The molecule has 2 heterocycles. The molecule has 0 radical (unpaired) electrons. The van der Waals surface area contributed by atoms with Crippen LogP contribution in [0.3, 0.4) is 0 Å². The Morgan fingerprint density at radius 2 is 1.87 bits per heavy atom. The van der Waals surface area contributed by atoms with Crippen molar-refractivity contribution in [3.8, 4) is 0 Å². The summed E-state index contributed by atoms with van der Waals surface area (Å²) in [6, 6.07) is 9.76. The van der Waals surface area contributed by atoms with Crippen LogP contribution >= 0.6 is 11.6 Å². The molecular weight excluding hydrogens is 408 g/mol. The maximum atomic E-state index is 12.7. The summed E-state index contributed by atoms with van der Waals surface area (Å²) in [6.45, 7) is 0.295. The number of urea groups is 1. The van der Waals surface area contributed by atoms with Gasteiger partial charge in [0.25, 0.3) is 11.5 Å². The summed E-state index contributed by atoms with van der Waals surface area (Å²) in [5, 5.41) is 8.38. The molecule has 0 atom stereocenters. The lowest BCUT2D eigenvalue weighted by molar-refractivity contribution is -0.128. The van der Waals surface area contributed by atoms with E-state index in [0.29, 0.717) is 42.9 Å². The Morgan fingerprint density at radius 1 is 1.13 bits per heavy atom. The normalized spacial score (nSPS) is 23.2. The highest BCUT2D eigenvalue weighted by Gasteiger charge is 2.48. The summed E-state index contributed by atoms with van der Waals surface area (Å²) < 4.78 is 1.49. The van der Waals surface area contributed by atoms with Crippen molar-refractivity contribution in [2.75, 3.05) is 5.32 Å². The molecule has 2 aromatic rings. The topological polar surface area (TPSA) is 109 Å². The van der Waals surface area contributed by atoms with Crippen molar-refractivity contribution < 1.29 is 14.4 Å². The number of anilines is 1. The number of nitrogens with zero attached hydrogens (tertiary/aromatic N) is 1. The number of aromatic nitrogens is 1. The summed E-state index contributed by atoms with van der Waals surface area (Å²) >= 11 is 6.18. The van der Waals surface area contributed by atoms with Crippen LogP contribution in [0.4, 0.5) is 10.5 Å². The number of hydrogen-bond acceptors (Lipinski definition) is 4. The summed E-state index contributed by atoms with van der Waals surface area (Å²) in [5.41, 5.74) is 0.226. The van der Waals surface area contributed by atoms with Gasteiger partial charge in [0.15, 0.2) is 0 Å². The van der Waals surface area contributed by atoms with Gasteiger partial charge in [0.05, 0.1) is 12.2 Å². The number of imide groups is 1. The van der Waals surface area contributed by atoms with Crippen molar-refractivity contribution >= 4 is 35.1 Å². The minimum absolute atomic E-state index is 0.169. The number of hydrogen-bond donors (Lipinski definition) is 3. The fourth-order valence-corrected chi connectivity index (χ4v) is 4.23. The van der Waals surface area contributed by atoms with E-state index in [2.05, 4.69) is 16.0 Å². The first-order valence-electron chi connectivity index (χ1n) is 9.75. The van der Waals surface area contributed by atoms with Crippen LogP contribution in [0.25, 0.3) is 0 Å². The quantitative estimate of drug-likeness (QED) is 0.649. The third-order valence-electron chi connectivity index (χ3n) is 5.77. The van der Waals surface area contributed by atoms with E-state index >= 15 is 0 Å². The molecule has 8 nitrogen and oxygen atoms in total. The van der Waals surface area contributed by atoms with Gasteiger partial charge in [0.1, 0.15) is 5.54 Å². The van der Waals surface area contributed by atoms with Gasteiger partial charge in [0, 0.05) is 23.2 Å². The Hall–Kier alpha value is -3.13. The monoisotopic (exact) mass is 428 g/mol. The first kappa shape index (κ1) is 20.2. The van der Waals surface area contributed by atoms with Crippen LogP contribution in [-0.2, 0) is 16.1 Å². The zero-order chi connectivity index (χ0) is 21.3. The molecule has 9 heteroatoms. The molecule has 2 fully saturated rings. The van der Waals surface area contributed by atoms with E-state index in [1.165, 1.54) is 10.6 Å². The highest BCUT2D eigenvalue weighted by Crippen LogP contribution is 2.34. The fraction of sp³-hybridized carbons (Fsp3) is 0.333. The minimum atomic E-state index is -0.893. The van der Waals surface area contributed by atoms with Gasteiger partial charge in [-0.2, -0.15) is 0 Å². The van der Waals surface area contributed by atoms with Crippen LogP contribution in [0.5, 0.6) is 0 Å². The number of carbonyl (C=O) groups is 3. The van der Waals surface area contributed by atoms with Gasteiger partial charge in [-0.15, -0.1) is 0 Å². The molecular formula is C21H21ClN4O4. The van der Waals surface area contributed by atoms with Crippen molar-refractivity contribution in [1.82, 2.24) is 15.2 Å². The van der Waals surface area contributed by atoms with Crippen molar-refractivity contribution in [3.05, 3.63) is 63.5 Å². The van der Waals surface area contributed by atoms with Crippen LogP contribution in [0.15, 0.2) is 47.4 Å². The summed E-state index contributed by atoms with van der Waals surface area (Å²) in [5.74, 6) is -0.764. The molecule has 1 saturated carbocycles. The van der Waals surface area contributed by atoms with Gasteiger partial charge in [-0.3, -0.25) is 19.7 Å². The van der Waals surface area contributed by atoms with E-state index in [-0.39, 0.29) is 23.3 Å². The van der Waals surface area contributed by atoms with Gasteiger partial charge in [-0.05, 0) is 43.4 Å². The van der Waals surface area contributed by atoms with Gasteiger partial charge in [-0.1, -0.05) is 29.8 Å². The molecule has 4 amide bonds. The summed E-state index contributed by atoms with van der Waals surface area (Å²) in [7, 11) is 0. The molecule has 4 rings (SSSR count). The molecule has 1 spiro atoms. The second-order valence-corrected chi connectivity index (χ2v) is 8.14. The molecule has 30 heavy (non-hydrogen) atoms. The molecule has 1 aliphatic heterocycles. The molecule has 1 aromatic heterocycles. The van der Waals surface area contributed by atoms with E-state index in [4.69, 9.17) is 11.6 Å². The predicted molar refractivity (Wildman–Crippen MR) is 111 cm³/mol. The van der Waals surface area contributed by atoms with Crippen molar-refractivity contribution in [2.45, 2.75) is 37.8 Å². The number of carbonyl (C=O) groups excluding carboxylic acids is 3. The Bertz CT molecular complexity index is 1070. The van der Waals surface area contributed by atoms with Crippen LogP contribution in [-0.4, -0.2) is 28.0 Å². The zero-order valence-corrected chi connectivity index (χ0v) is 16.9. The highest BCUT2D eigenvalue weighted by atomic mass is 35.5. The number of rotatable bonds is 4. The Balaban J connectivity index is 1.42. The van der Waals surface area contributed by atoms with Crippen LogP contribution < -0.4 is 21.5 Å². The van der Waals surface area contributed by atoms with Crippen molar-refractivity contribution in [2.24, 2.45) is 5.92 Å². The molecule has 1 saturated heterocycles. The van der Waals surface area contributed by atoms with Gasteiger partial charge < -0.3 is 15.2 Å². The van der Waals surface area contributed by atoms with Crippen LogP contribution in [0, 0.1) is 5.92 Å². The molecule has 1 aromatic carbocycles. The predicted octanol–water partition coefficient (Wildman–Crippen LogP) is 2.26. The SMILES string of the molecule is O=C1NC(=O)C2(CCC(C(=O)Nc3ccc(=O)n(Cc4ccccc4Cl)c3)CC2)N1. The highest BCUT2D eigenvalue weighted by molar-refractivity contribution is 6.31. The first-order chi connectivity index (χ1) is 14.4. The first-order valence-corrected chi connectivity index (χ1v) is 10.1. The van der Waals surface area contributed by atoms with Gasteiger partial charge in [-0.25, -0.2) is 4.79 Å².